The van der Waals surface area contributed by atoms with Crippen molar-refractivity contribution in [2.24, 2.45) is 5.73 Å². The summed E-state index contributed by atoms with van der Waals surface area (Å²) in [5.41, 5.74) is 9.68. The SMILES string of the molecule is C[C@@H](N)c1ccc(N2CCCc3ccccc32)c(F)c1. The molecule has 2 aromatic carbocycles. The standard InChI is InChI=1S/C17H19FN2/c1-12(19)14-8-9-17(15(18)11-14)20-10-4-6-13-5-2-3-7-16(13)20/h2-3,5,7-9,11-12H,4,6,10,19H2,1H3/t12-/m1/s1. The van der Waals surface area contributed by atoms with Crippen molar-refractivity contribution in [3.63, 3.8) is 0 Å². The third kappa shape index (κ3) is 2.29. The fourth-order valence-electron chi connectivity index (χ4n) is 2.81. The van der Waals surface area contributed by atoms with Crippen molar-refractivity contribution < 1.29 is 4.39 Å². The number of aryl methyl sites for hydroxylation is 1. The summed E-state index contributed by atoms with van der Waals surface area (Å²) in [6.45, 7) is 2.72. The molecule has 104 valence electrons. The molecule has 0 fully saturated rings. The van der Waals surface area contributed by atoms with Crippen LogP contribution in [0.4, 0.5) is 15.8 Å². The summed E-state index contributed by atoms with van der Waals surface area (Å²) >= 11 is 0. The van der Waals surface area contributed by atoms with Gasteiger partial charge in [-0.05, 0) is 49.1 Å². The Morgan fingerprint density at radius 2 is 1.95 bits per heavy atom. The summed E-state index contributed by atoms with van der Waals surface area (Å²) in [5.74, 6) is -0.198. The predicted molar refractivity (Wildman–Crippen MR) is 80.8 cm³/mol. The Balaban J connectivity index is 2.02. The van der Waals surface area contributed by atoms with Crippen LogP contribution in [0.15, 0.2) is 42.5 Å². The van der Waals surface area contributed by atoms with E-state index in [1.807, 2.05) is 31.2 Å². The lowest BCUT2D eigenvalue weighted by Crippen LogP contribution is -2.25. The Morgan fingerprint density at radius 1 is 1.15 bits per heavy atom. The van der Waals surface area contributed by atoms with E-state index >= 15 is 0 Å². The molecule has 0 bridgehead atoms. The number of anilines is 2. The first-order valence-corrected chi connectivity index (χ1v) is 7.07. The van der Waals surface area contributed by atoms with Gasteiger partial charge in [0.2, 0.25) is 0 Å². The third-order valence-electron chi connectivity index (χ3n) is 3.90. The molecule has 2 nitrogen and oxygen atoms in total. The smallest absolute Gasteiger partial charge is 0.147 e. The van der Waals surface area contributed by atoms with Crippen molar-refractivity contribution in [1.29, 1.82) is 0 Å². The van der Waals surface area contributed by atoms with Crippen molar-refractivity contribution >= 4 is 11.4 Å². The third-order valence-corrected chi connectivity index (χ3v) is 3.90. The number of rotatable bonds is 2. The molecule has 1 aliphatic rings. The average molecular weight is 270 g/mol. The molecule has 3 heteroatoms. The quantitative estimate of drug-likeness (QED) is 0.896. The molecule has 0 amide bonds. The minimum absolute atomic E-state index is 0.146. The van der Waals surface area contributed by atoms with Crippen LogP contribution in [-0.2, 0) is 6.42 Å². The molecule has 0 aromatic heterocycles. The fourth-order valence-corrected chi connectivity index (χ4v) is 2.81. The Hall–Kier alpha value is -1.87. The minimum atomic E-state index is -0.198. The summed E-state index contributed by atoms with van der Waals surface area (Å²) in [7, 11) is 0. The second kappa shape index (κ2) is 5.25. The van der Waals surface area contributed by atoms with E-state index in [1.165, 1.54) is 5.56 Å². The largest absolute Gasteiger partial charge is 0.339 e. The van der Waals surface area contributed by atoms with Crippen LogP contribution in [0.5, 0.6) is 0 Å². The molecular weight excluding hydrogens is 251 g/mol. The van der Waals surface area contributed by atoms with Gasteiger partial charge in [-0.15, -0.1) is 0 Å². The van der Waals surface area contributed by atoms with Gasteiger partial charge in [0, 0.05) is 18.3 Å². The molecule has 1 heterocycles. The highest BCUT2D eigenvalue weighted by Crippen LogP contribution is 2.35. The summed E-state index contributed by atoms with van der Waals surface area (Å²) < 4.78 is 14.4. The van der Waals surface area contributed by atoms with E-state index in [0.29, 0.717) is 5.69 Å². The molecule has 0 unspecified atom stereocenters. The van der Waals surface area contributed by atoms with Crippen molar-refractivity contribution in [3.05, 3.63) is 59.4 Å². The maximum absolute atomic E-state index is 14.4. The summed E-state index contributed by atoms with van der Waals surface area (Å²) in [6.07, 6.45) is 2.11. The van der Waals surface area contributed by atoms with E-state index in [0.717, 1.165) is 30.6 Å². The van der Waals surface area contributed by atoms with Crippen LogP contribution in [-0.4, -0.2) is 6.54 Å². The van der Waals surface area contributed by atoms with Gasteiger partial charge >= 0.3 is 0 Å². The zero-order valence-corrected chi connectivity index (χ0v) is 11.6. The monoisotopic (exact) mass is 270 g/mol. The number of para-hydroxylation sites is 1. The Labute approximate surface area is 119 Å². The molecule has 0 saturated heterocycles. The fraction of sp³-hybridized carbons (Fsp3) is 0.294. The molecule has 0 aliphatic carbocycles. The number of nitrogens with zero attached hydrogens (tertiary/aromatic N) is 1. The lowest BCUT2D eigenvalue weighted by Gasteiger charge is -2.31. The number of halogens is 1. The first-order valence-electron chi connectivity index (χ1n) is 7.07. The highest BCUT2D eigenvalue weighted by molar-refractivity contribution is 5.68. The van der Waals surface area contributed by atoms with E-state index < -0.39 is 0 Å². The molecule has 0 radical (unpaired) electrons. The lowest BCUT2D eigenvalue weighted by atomic mass is 10.0. The lowest BCUT2D eigenvalue weighted by molar-refractivity contribution is 0.615. The van der Waals surface area contributed by atoms with Crippen LogP contribution in [0, 0.1) is 5.82 Å². The van der Waals surface area contributed by atoms with E-state index in [9.17, 15) is 4.39 Å². The van der Waals surface area contributed by atoms with Gasteiger partial charge in [0.25, 0.3) is 0 Å². The van der Waals surface area contributed by atoms with E-state index in [1.54, 1.807) is 6.07 Å². The number of hydrogen-bond donors (Lipinski definition) is 1. The Kier molecular flexibility index (Phi) is 3.45. The second-order valence-corrected chi connectivity index (χ2v) is 5.38. The van der Waals surface area contributed by atoms with Gasteiger partial charge in [0.1, 0.15) is 5.82 Å². The maximum Gasteiger partial charge on any atom is 0.147 e. The van der Waals surface area contributed by atoms with Crippen LogP contribution in [0.1, 0.15) is 30.5 Å². The van der Waals surface area contributed by atoms with E-state index in [4.69, 9.17) is 5.73 Å². The zero-order valence-electron chi connectivity index (χ0n) is 11.6. The van der Waals surface area contributed by atoms with Gasteiger partial charge in [-0.25, -0.2) is 4.39 Å². The van der Waals surface area contributed by atoms with Crippen LogP contribution in [0.3, 0.4) is 0 Å². The van der Waals surface area contributed by atoms with Gasteiger partial charge in [0.15, 0.2) is 0 Å². The first-order chi connectivity index (χ1) is 9.66. The highest BCUT2D eigenvalue weighted by Gasteiger charge is 2.20. The molecular formula is C17H19FN2. The van der Waals surface area contributed by atoms with Crippen LogP contribution in [0.2, 0.25) is 0 Å². The van der Waals surface area contributed by atoms with Gasteiger partial charge in [-0.3, -0.25) is 0 Å². The Bertz CT molecular complexity index is 622. The summed E-state index contributed by atoms with van der Waals surface area (Å²) in [5, 5.41) is 0. The van der Waals surface area contributed by atoms with E-state index in [-0.39, 0.29) is 11.9 Å². The molecule has 1 aliphatic heterocycles. The Morgan fingerprint density at radius 3 is 2.70 bits per heavy atom. The van der Waals surface area contributed by atoms with Crippen LogP contribution >= 0.6 is 0 Å². The summed E-state index contributed by atoms with van der Waals surface area (Å²) in [6, 6.07) is 13.4. The van der Waals surface area contributed by atoms with Crippen molar-refractivity contribution in [1.82, 2.24) is 0 Å². The number of benzene rings is 2. The van der Waals surface area contributed by atoms with E-state index in [2.05, 4.69) is 17.0 Å². The topological polar surface area (TPSA) is 29.3 Å². The molecule has 3 rings (SSSR count). The van der Waals surface area contributed by atoms with Crippen LogP contribution in [0.25, 0.3) is 0 Å². The molecule has 0 spiro atoms. The molecule has 2 aromatic rings. The number of hydrogen-bond acceptors (Lipinski definition) is 2. The minimum Gasteiger partial charge on any atom is -0.339 e. The number of nitrogens with two attached hydrogens (primary N) is 1. The highest BCUT2D eigenvalue weighted by atomic mass is 19.1. The predicted octanol–water partition coefficient (Wildman–Crippen LogP) is 3.93. The molecule has 1 atom stereocenters. The molecule has 2 N–H and O–H groups in total. The molecule has 0 saturated carbocycles. The van der Waals surface area contributed by atoms with Gasteiger partial charge < -0.3 is 10.6 Å². The molecule has 20 heavy (non-hydrogen) atoms. The first kappa shape index (κ1) is 13.1. The maximum atomic E-state index is 14.4. The number of fused-ring (bicyclic) bond motifs is 1. The zero-order chi connectivity index (χ0) is 14.1. The van der Waals surface area contributed by atoms with Crippen LogP contribution < -0.4 is 10.6 Å². The second-order valence-electron chi connectivity index (χ2n) is 5.38. The average Bonchev–Trinajstić information content (AvgIpc) is 2.46. The summed E-state index contributed by atoms with van der Waals surface area (Å²) in [4.78, 5) is 2.07. The van der Waals surface area contributed by atoms with Gasteiger partial charge in [-0.2, -0.15) is 0 Å². The van der Waals surface area contributed by atoms with Crippen molar-refractivity contribution in [2.75, 3.05) is 11.4 Å². The van der Waals surface area contributed by atoms with Gasteiger partial charge in [-0.1, -0.05) is 24.3 Å². The normalized spacial score (nSPS) is 15.8. The van der Waals surface area contributed by atoms with Gasteiger partial charge in [0.05, 0.1) is 5.69 Å². The van der Waals surface area contributed by atoms with Crippen molar-refractivity contribution in [2.45, 2.75) is 25.8 Å². The van der Waals surface area contributed by atoms with Crippen molar-refractivity contribution in [3.8, 4) is 0 Å².